The summed E-state index contributed by atoms with van der Waals surface area (Å²) >= 11 is 1.40. The van der Waals surface area contributed by atoms with Crippen LogP contribution in [0.5, 0.6) is 0 Å². The highest BCUT2D eigenvalue weighted by Gasteiger charge is 2.36. The van der Waals surface area contributed by atoms with Crippen molar-refractivity contribution >= 4 is 28.4 Å². The number of carbonyl (C=O) groups is 2. The summed E-state index contributed by atoms with van der Waals surface area (Å²) in [5.74, 6) is -0.271. The molecule has 30 heavy (non-hydrogen) atoms. The van der Waals surface area contributed by atoms with Crippen LogP contribution in [0.4, 0.5) is 9.93 Å². The average molecular weight is 429 g/mol. The van der Waals surface area contributed by atoms with Gasteiger partial charge in [0.25, 0.3) is 0 Å². The van der Waals surface area contributed by atoms with E-state index in [9.17, 15) is 9.59 Å². The first-order chi connectivity index (χ1) is 14.7. The van der Waals surface area contributed by atoms with E-state index in [0.29, 0.717) is 38.0 Å². The summed E-state index contributed by atoms with van der Waals surface area (Å²) in [6.07, 6.45) is 5.04. The Morgan fingerprint density at radius 1 is 1.23 bits per heavy atom. The number of amides is 3. The fourth-order valence-corrected chi connectivity index (χ4v) is 4.88. The Kier molecular flexibility index (Phi) is 6.64. The molecule has 2 aliphatic heterocycles. The summed E-state index contributed by atoms with van der Waals surface area (Å²) in [4.78, 5) is 31.4. The molecule has 3 heterocycles. The third-order valence-electron chi connectivity index (χ3n) is 6.16. The topological polar surface area (TPSA) is 83.6 Å². The molecule has 2 saturated heterocycles. The molecule has 2 fully saturated rings. The number of nitrogens with zero attached hydrogens (tertiary/aromatic N) is 2. The Morgan fingerprint density at radius 3 is 2.77 bits per heavy atom. The zero-order valence-corrected chi connectivity index (χ0v) is 17.8. The van der Waals surface area contributed by atoms with Crippen LogP contribution in [0.2, 0.25) is 0 Å². The zero-order chi connectivity index (χ0) is 20.8. The van der Waals surface area contributed by atoms with E-state index >= 15 is 0 Å². The van der Waals surface area contributed by atoms with Crippen molar-refractivity contribution in [1.29, 1.82) is 0 Å². The molecule has 2 N–H and O–H groups in total. The average Bonchev–Trinajstić information content (AvgIpc) is 3.32. The predicted molar refractivity (Wildman–Crippen MR) is 117 cm³/mol. The second-order valence-corrected chi connectivity index (χ2v) is 8.92. The van der Waals surface area contributed by atoms with Crippen molar-refractivity contribution in [2.45, 2.75) is 31.1 Å². The normalized spacial score (nSPS) is 21.1. The Bertz CT molecular complexity index is 837. The largest absolute Gasteiger partial charge is 0.381 e. The van der Waals surface area contributed by atoms with E-state index in [4.69, 9.17) is 4.74 Å². The highest BCUT2D eigenvalue weighted by molar-refractivity contribution is 7.13. The second kappa shape index (κ2) is 9.57. The molecule has 1 aromatic heterocycles. The van der Waals surface area contributed by atoms with Gasteiger partial charge >= 0.3 is 6.03 Å². The molecule has 1 atom stereocenters. The second-order valence-electron chi connectivity index (χ2n) is 8.03. The van der Waals surface area contributed by atoms with Crippen LogP contribution in [-0.4, -0.2) is 54.7 Å². The molecule has 160 valence electrons. The van der Waals surface area contributed by atoms with Crippen LogP contribution >= 0.6 is 11.3 Å². The van der Waals surface area contributed by atoms with Gasteiger partial charge in [-0.3, -0.25) is 4.79 Å². The maximum atomic E-state index is 12.9. The molecule has 0 aliphatic carbocycles. The van der Waals surface area contributed by atoms with Gasteiger partial charge in [0.15, 0.2) is 5.13 Å². The number of likely N-dealkylation sites (tertiary alicyclic amines) is 1. The number of urea groups is 1. The van der Waals surface area contributed by atoms with Gasteiger partial charge in [0.2, 0.25) is 5.91 Å². The first kappa shape index (κ1) is 20.8. The number of nitrogens with one attached hydrogen (secondary N) is 2. The monoisotopic (exact) mass is 428 g/mol. The Labute approximate surface area is 180 Å². The predicted octanol–water partition coefficient (Wildman–Crippen LogP) is 3.25. The molecule has 0 bridgehead atoms. The SMILES string of the molecule is O=C(Nc1nccs1)[C@H]1CCCN(C(=O)NCC2(c3ccccc3)CCOCC2)C1. The number of aromatic nitrogens is 1. The molecule has 0 spiro atoms. The van der Waals surface area contributed by atoms with E-state index < -0.39 is 0 Å². The van der Waals surface area contributed by atoms with Crippen molar-refractivity contribution < 1.29 is 14.3 Å². The van der Waals surface area contributed by atoms with Gasteiger partial charge in [-0.25, -0.2) is 9.78 Å². The minimum atomic E-state index is -0.209. The fraction of sp³-hybridized carbons (Fsp3) is 0.500. The van der Waals surface area contributed by atoms with Crippen LogP contribution in [0.3, 0.4) is 0 Å². The quantitative estimate of drug-likeness (QED) is 0.766. The lowest BCUT2D eigenvalue weighted by atomic mass is 9.74. The van der Waals surface area contributed by atoms with Crippen LogP contribution in [0.25, 0.3) is 0 Å². The molecule has 2 aromatic rings. The van der Waals surface area contributed by atoms with Gasteiger partial charge in [-0.05, 0) is 31.2 Å². The number of ether oxygens (including phenoxy) is 1. The van der Waals surface area contributed by atoms with Gasteiger partial charge in [0.05, 0.1) is 5.92 Å². The van der Waals surface area contributed by atoms with Crippen LogP contribution in [-0.2, 0) is 14.9 Å². The lowest BCUT2D eigenvalue weighted by Crippen LogP contribution is -2.51. The van der Waals surface area contributed by atoms with Crippen molar-refractivity contribution in [1.82, 2.24) is 15.2 Å². The summed E-state index contributed by atoms with van der Waals surface area (Å²) < 4.78 is 5.58. The molecule has 0 unspecified atom stereocenters. The Balaban J connectivity index is 1.36. The van der Waals surface area contributed by atoms with Crippen molar-refractivity contribution in [3.05, 3.63) is 47.5 Å². The van der Waals surface area contributed by atoms with Crippen molar-refractivity contribution in [3.63, 3.8) is 0 Å². The number of piperidine rings is 1. The highest BCUT2D eigenvalue weighted by Crippen LogP contribution is 2.34. The molecule has 8 heteroatoms. The number of carbonyl (C=O) groups excluding carboxylic acids is 2. The van der Waals surface area contributed by atoms with Gasteiger partial charge in [-0.1, -0.05) is 30.3 Å². The Morgan fingerprint density at radius 2 is 2.03 bits per heavy atom. The number of hydrogen-bond acceptors (Lipinski definition) is 5. The summed E-state index contributed by atoms with van der Waals surface area (Å²) in [7, 11) is 0. The molecule has 0 radical (unpaired) electrons. The third-order valence-corrected chi connectivity index (χ3v) is 6.84. The van der Waals surface area contributed by atoms with Crippen LogP contribution in [0, 0.1) is 5.92 Å². The summed E-state index contributed by atoms with van der Waals surface area (Å²) in [6, 6.07) is 10.3. The number of hydrogen-bond donors (Lipinski definition) is 2. The van der Waals surface area contributed by atoms with E-state index in [1.165, 1.54) is 16.9 Å². The van der Waals surface area contributed by atoms with Crippen molar-refractivity contribution in [2.75, 3.05) is 38.2 Å². The van der Waals surface area contributed by atoms with Crippen LogP contribution in [0.1, 0.15) is 31.2 Å². The van der Waals surface area contributed by atoms with Crippen molar-refractivity contribution in [3.8, 4) is 0 Å². The van der Waals surface area contributed by atoms with E-state index in [0.717, 1.165) is 25.7 Å². The zero-order valence-electron chi connectivity index (χ0n) is 17.0. The smallest absolute Gasteiger partial charge is 0.317 e. The Hall–Kier alpha value is -2.45. The van der Waals surface area contributed by atoms with Gasteiger partial charge in [0.1, 0.15) is 0 Å². The van der Waals surface area contributed by atoms with Crippen molar-refractivity contribution in [2.24, 2.45) is 5.92 Å². The summed E-state index contributed by atoms with van der Waals surface area (Å²) in [5.41, 5.74) is 1.14. The fourth-order valence-electron chi connectivity index (χ4n) is 4.35. The molecule has 0 saturated carbocycles. The highest BCUT2D eigenvalue weighted by atomic mass is 32.1. The van der Waals surface area contributed by atoms with Crippen LogP contribution < -0.4 is 10.6 Å². The lowest BCUT2D eigenvalue weighted by Gasteiger charge is -2.39. The van der Waals surface area contributed by atoms with Gasteiger partial charge < -0.3 is 20.3 Å². The van der Waals surface area contributed by atoms with Gasteiger partial charge in [0, 0.05) is 49.8 Å². The van der Waals surface area contributed by atoms with E-state index in [1.807, 2.05) is 23.6 Å². The molecule has 2 aliphatic rings. The molecule has 4 rings (SSSR count). The summed E-state index contributed by atoms with van der Waals surface area (Å²) in [5, 5.41) is 8.45. The number of benzene rings is 1. The standard InChI is InChI=1S/C22H28N4O3S/c27-19(25-20-23-10-14-30-20)17-5-4-11-26(15-17)21(28)24-16-22(8-12-29-13-9-22)18-6-2-1-3-7-18/h1-3,6-7,10,14,17H,4-5,8-9,11-13,15-16H2,(H,24,28)(H,23,25,27)/t17-/m0/s1. The molecule has 3 amide bonds. The number of anilines is 1. The van der Waals surface area contributed by atoms with E-state index in [1.54, 1.807) is 11.1 Å². The minimum Gasteiger partial charge on any atom is -0.381 e. The minimum absolute atomic E-state index is 0.0624. The molecule has 1 aromatic carbocycles. The van der Waals surface area contributed by atoms with Gasteiger partial charge in [-0.15, -0.1) is 11.3 Å². The maximum absolute atomic E-state index is 12.9. The van der Waals surface area contributed by atoms with E-state index in [-0.39, 0.29) is 23.3 Å². The number of rotatable bonds is 5. The first-order valence-electron chi connectivity index (χ1n) is 10.5. The van der Waals surface area contributed by atoms with Crippen LogP contribution in [0.15, 0.2) is 41.9 Å². The molecular weight excluding hydrogens is 400 g/mol. The lowest BCUT2D eigenvalue weighted by molar-refractivity contribution is -0.121. The maximum Gasteiger partial charge on any atom is 0.317 e. The number of thiazole rings is 1. The van der Waals surface area contributed by atoms with Gasteiger partial charge in [-0.2, -0.15) is 0 Å². The first-order valence-corrected chi connectivity index (χ1v) is 11.4. The molecule has 7 nitrogen and oxygen atoms in total. The van der Waals surface area contributed by atoms with E-state index in [2.05, 4.69) is 27.8 Å². The third kappa shape index (κ3) is 4.82. The molecular formula is C22H28N4O3S. The summed E-state index contributed by atoms with van der Waals surface area (Å²) in [6.45, 7) is 3.09.